The Balaban J connectivity index is 0.00000235. The first-order valence-electron chi connectivity index (χ1n) is 14.4. The van der Waals surface area contributed by atoms with Gasteiger partial charge in [-0.1, -0.05) is 90.8 Å². The summed E-state index contributed by atoms with van der Waals surface area (Å²) in [6.45, 7) is 20.6. The Hall–Kier alpha value is -2.52. The summed E-state index contributed by atoms with van der Waals surface area (Å²) >= 11 is 0. The Labute approximate surface area is 225 Å². The number of ketones is 1. The van der Waals surface area contributed by atoms with Crippen LogP contribution in [0.2, 0.25) is 0 Å². The van der Waals surface area contributed by atoms with Gasteiger partial charge in [0.25, 0.3) is 0 Å². The number of benzene rings is 1. The van der Waals surface area contributed by atoms with Crippen LogP contribution in [0, 0.1) is 11.8 Å². The molecule has 1 saturated heterocycles. The zero-order valence-corrected chi connectivity index (χ0v) is 24.4. The van der Waals surface area contributed by atoms with Crippen LogP contribution in [-0.4, -0.2) is 24.0 Å². The fraction of sp³-hybridized carbons (Fsp3) is 0.529. The summed E-state index contributed by atoms with van der Waals surface area (Å²) in [6, 6.07) is 10.0. The molecule has 202 valence electrons. The molecule has 0 amide bonds. The Bertz CT molecular complexity index is 1150. The number of pyridine rings is 1. The van der Waals surface area contributed by atoms with E-state index in [1.165, 1.54) is 37.1 Å². The van der Waals surface area contributed by atoms with Gasteiger partial charge >= 0.3 is 0 Å². The molecule has 3 heteroatoms. The maximum absolute atomic E-state index is 11.8. The van der Waals surface area contributed by atoms with Crippen LogP contribution in [0.25, 0.3) is 18.2 Å². The number of Topliss-reactive ketones (excluding diaryl/α,β-unsaturated/α-hetero) is 1. The minimum absolute atomic E-state index is 0.0866. The van der Waals surface area contributed by atoms with Crippen LogP contribution >= 0.6 is 0 Å². The van der Waals surface area contributed by atoms with E-state index in [-0.39, 0.29) is 5.78 Å². The van der Waals surface area contributed by atoms with E-state index in [2.05, 4.69) is 58.6 Å². The molecule has 1 aliphatic heterocycles. The van der Waals surface area contributed by atoms with Gasteiger partial charge < -0.3 is 4.74 Å². The summed E-state index contributed by atoms with van der Waals surface area (Å²) in [5.74, 6) is 1.66. The zero-order chi connectivity index (χ0) is 27.4. The molecule has 1 aliphatic rings. The van der Waals surface area contributed by atoms with E-state index in [9.17, 15) is 4.79 Å². The third-order valence-corrected chi connectivity index (χ3v) is 7.53. The third-order valence-electron chi connectivity index (χ3n) is 7.53. The average Bonchev–Trinajstić information content (AvgIpc) is 2.91. The summed E-state index contributed by atoms with van der Waals surface area (Å²) < 4.78 is 5.75. The lowest BCUT2D eigenvalue weighted by atomic mass is 9.85. The smallest absolute Gasteiger partial charge is 0.159 e. The van der Waals surface area contributed by atoms with Crippen molar-refractivity contribution in [1.29, 1.82) is 0 Å². The van der Waals surface area contributed by atoms with E-state index in [0.717, 1.165) is 59.1 Å². The van der Waals surface area contributed by atoms with Gasteiger partial charge in [0.2, 0.25) is 0 Å². The molecule has 2 unspecified atom stereocenters. The fourth-order valence-corrected chi connectivity index (χ4v) is 5.18. The molecule has 1 aromatic heterocycles. The summed E-state index contributed by atoms with van der Waals surface area (Å²) in [4.78, 5) is 17.1. The number of aryl methyl sites for hydroxylation is 1. The Kier molecular flexibility index (Phi) is 13.0. The van der Waals surface area contributed by atoms with E-state index in [1.807, 2.05) is 32.0 Å². The van der Waals surface area contributed by atoms with Crippen LogP contribution in [-0.2, 0) is 11.2 Å². The number of ether oxygens (including phenoxy) is 1. The summed E-state index contributed by atoms with van der Waals surface area (Å²) in [5, 5.41) is 2.18. The lowest BCUT2D eigenvalue weighted by Gasteiger charge is -2.29. The SMILES string of the molecule is C=c1cc(CCC(CC)CCC)nc(C2CCOC[C@@H]2C)/c1=C/C=C(\C)c1cccc(C(C)=O)c1.CC. The Morgan fingerprint density at radius 3 is 2.54 bits per heavy atom. The second kappa shape index (κ2) is 15.7. The minimum atomic E-state index is 0.0866. The normalized spacial score (nSPS) is 19.2. The summed E-state index contributed by atoms with van der Waals surface area (Å²) in [7, 11) is 0. The van der Waals surface area contributed by atoms with Crippen molar-refractivity contribution in [2.24, 2.45) is 11.8 Å². The molecular weight excluding hydrogens is 454 g/mol. The first-order valence-corrected chi connectivity index (χ1v) is 14.4. The van der Waals surface area contributed by atoms with Crippen LogP contribution in [0.3, 0.4) is 0 Å². The van der Waals surface area contributed by atoms with Crippen LogP contribution in [0.1, 0.15) is 114 Å². The van der Waals surface area contributed by atoms with Crippen LogP contribution < -0.4 is 10.4 Å². The molecule has 0 radical (unpaired) electrons. The van der Waals surface area contributed by atoms with Gasteiger partial charge in [-0.2, -0.15) is 0 Å². The highest BCUT2D eigenvalue weighted by Crippen LogP contribution is 2.29. The van der Waals surface area contributed by atoms with E-state index in [0.29, 0.717) is 11.8 Å². The molecule has 37 heavy (non-hydrogen) atoms. The van der Waals surface area contributed by atoms with Gasteiger partial charge in [0.15, 0.2) is 5.78 Å². The Morgan fingerprint density at radius 2 is 1.89 bits per heavy atom. The molecule has 2 heterocycles. The number of hydrogen-bond donors (Lipinski definition) is 0. The number of aromatic nitrogens is 1. The van der Waals surface area contributed by atoms with Crippen LogP contribution in [0.5, 0.6) is 0 Å². The zero-order valence-electron chi connectivity index (χ0n) is 24.4. The molecule has 2 aromatic rings. The average molecular weight is 504 g/mol. The monoisotopic (exact) mass is 503 g/mol. The van der Waals surface area contributed by atoms with Crippen molar-refractivity contribution in [3.8, 4) is 0 Å². The lowest BCUT2D eigenvalue weighted by molar-refractivity contribution is 0.0460. The minimum Gasteiger partial charge on any atom is -0.381 e. The summed E-state index contributed by atoms with van der Waals surface area (Å²) in [6.07, 6.45) is 11.3. The molecule has 0 bridgehead atoms. The maximum atomic E-state index is 11.8. The van der Waals surface area contributed by atoms with Gasteiger partial charge in [-0.15, -0.1) is 0 Å². The van der Waals surface area contributed by atoms with E-state index in [4.69, 9.17) is 9.72 Å². The highest BCUT2D eigenvalue weighted by molar-refractivity contribution is 5.95. The van der Waals surface area contributed by atoms with E-state index < -0.39 is 0 Å². The third kappa shape index (κ3) is 8.78. The van der Waals surface area contributed by atoms with E-state index >= 15 is 0 Å². The lowest BCUT2D eigenvalue weighted by Crippen LogP contribution is -2.36. The quantitative estimate of drug-likeness (QED) is 0.315. The van der Waals surface area contributed by atoms with Crippen molar-refractivity contribution in [3.63, 3.8) is 0 Å². The largest absolute Gasteiger partial charge is 0.381 e. The number of rotatable bonds is 10. The first-order chi connectivity index (χ1) is 17.8. The summed E-state index contributed by atoms with van der Waals surface area (Å²) in [5.41, 5.74) is 5.27. The van der Waals surface area contributed by atoms with Gasteiger partial charge in [-0.3, -0.25) is 9.78 Å². The molecule has 0 N–H and O–H groups in total. The van der Waals surface area contributed by atoms with Gasteiger partial charge in [0.1, 0.15) is 0 Å². The number of carbonyl (C=O) groups excluding carboxylic acids is 1. The van der Waals surface area contributed by atoms with Crippen molar-refractivity contribution in [3.05, 3.63) is 69.4 Å². The molecule has 3 rings (SSSR count). The molecule has 1 fully saturated rings. The number of hydrogen-bond acceptors (Lipinski definition) is 3. The van der Waals surface area contributed by atoms with Crippen molar-refractivity contribution >= 4 is 24.0 Å². The molecule has 1 aromatic carbocycles. The molecule has 3 nitrogen and oxygen atoms in total. The first kappa shape index (κ1) is 30.7. The van der Waals surface area contributed by atoms with Crippen LogP contribution in [0.4, 0.5) is 0 Å². The maximum Gasteiger partial charge on any atom is 0.159 e. The number of nitrogens with zero attached hydrogens (tertiary/aromatic N) is 1. The standard InChI is InChI=1S/C32H43NO2.C2H6/c1-7-10-26(8-2)14-15-29-19-23(4)30(32(33-29)31-17-18-35-21-24(31)5)16-13-22(3)27-11-9-12-28(20-27)25(6)34;1-2/h9,11-13,16,19-20,24,26,31H,4,7-8,10,14-15,17-18,21H2,1-3,5-6H3;1-2H3/b22-13+,30-16+;/t24-,26?,31?;/m0./s1. The molecule has 0 aliphatic carbocycles. The van der Waals surface area contributed by atoms with Gasteiger partial charge in [-0.25, -0.2) is 0 Å². The molecule has 3 atom stereocenters. The Morgan fingerprint density at radius 1 is 1.16 bits per heavy atom. The highest BCUT2D eigenvalue weighted by Gasteiger charge is 2.26. The number of allylic oxidation sites excluding steroid dienone is 2. The molecule has 0 spiro atoms. The van der Waals surface area contributed by atoms with Crippen molar-refractivity contribution in [2.75, 3.05) is 13.2 Å². The topological polar surface area (TPSA) is 39.2 Å². The van der Waals surface area contributed by atoms with Gasteiger partial charge in [0.05, 0.1) is 5.69 Å². The fourth-order valence-electron chi connectivity index (χ4n) is 5.18. The highest BCUT2D eigenvalue weighted by atomic mass is 16.5. The predicted molar refractivity (Wildman–Crippen MR) is 159 cm³/mol. The second-order valence-electron chi connectivity index (χ2n) is 10.3. The van der Waals surface area contributed by atoms with Crippen molar-refractivity contribution in [2.45, 2.75) is 92.9 Å². The van der Waals surface area contributed by atoms with Gasteiger partial charge in [0, 0.05) is 35.6 Å². The second-order valence-corrected chi connectivity index (χ2v) is 10.3. The van der Waals surface area contributed by atoms with Crippen molar-refractivity contribution in [1.82, 2.24) is 4.98 Å². The molecule has 0 saturated carbocycles. The van der Waals surface area contributed by atoms with Crippen LogP contribution in [0.15, 0.2) is 36.4 Å². The van der Waals surface area contributed by atoms with Gasteiger partial charge in [-0.05, 0) is 73.4 Å². The number of carbonyl (C=O) groups is 1. The van der Waals surface area contributed by atoms with Crippen molar-refractivity contribution < 1.29 is 9.53 Å². The van der Waals surface area contributed by atoms with E-state index in [1.54, 1.807) is 6.92 Å². The molecular formula is C34H49NO2. The predicted octanol–water partition coefficient (Wildman–Crippen LogP) is 7.50.